The molecule has 204 valence electrons. The van der Waals surface area contributed by atoms with Crippen LogP contribution in [0.5, 0.6) is 0 Å². The smallest absolute Gasteiger partial charge is 0.0848 e. The van der Waals surface area contributed by atoms with Gasteiger partial charge in [0.15, 0.2) is 0 Å². The molecule has 0 aliphatic heterocycles. The second-order valence-electron chi connectivity index (χ2n) is 15.0. The summed E-state index contributed by atoms with van der Waals surface area (Å²) in [5.74, 6) is 4.39. The Kier molecular flexibility index (Phi) is 7.00. The Morgan fingerprint density at radius 3 is 2.50 bits per heavy atom. The van der Waals surface area contributed by atoms with E-state index in [1.54, 1.807) is 0 Å². The van der Waals surface area contributed by atoms with Crippen LogP contribution in [0.4, 0.5) is 0 Å². The van der Waals surface area contributed by atoms with E-state index in [1.165, 1.54) is 82.6 Å². The summed E-state index contributed by atoms with van der Waals surface area (Å²) in [5, 5.41) is 16.6. The average Bonchev–Trinajstić information content (AvgIpc) is 3.43. The van der Waals surface area contributed by atoms with Crippen molar-refractivity contribution in [3.05, 3.63) is 18.0 Å². The van der Waals surface area contributed by atoms with E-state index in [9.17, 15) is 5.11 Å². The molecular formula is C33H56N2O. The van der Waals surface area contributed by atoms with Crippen LogP contribution in [0, 0.1) is 45.8 Å². The summed E-state index contributed by atoms with van der Waals surface area (Å²) in [6.07, 6.45) is 20.9. The average molecular weight is 497 g/mol. The molecule has 9 atom stereocenters. The molecule has 0 amide bonds. The SMILES string of the molecule is CCC[C@H]1CCC2(CC)C3CCC4(C)C(CCC4[C@@](C)(O)Cn4cc(C(C)C)cn4)C3CCC2(C)C1. The van der Waals surface area contributed by atoms with E-state index in [-0.39, 0.29) is 5.41 Å². The molecule has 36 heavy (non-hydrogen) atoms. The van der Waals surface area contributed by atoms with E-state index in [4.69, 9.17) is 0 Å². The molecule has 0 radical (unpaired) electrons. The number of rotatable bonds is 7. The molecule has 1 heterocycles. The van der Waals surface area contributed by atoms with E-state index in [1.807, 2.05) is 10.9 Å². The molecule has 0 bridgehead atoms. The van der Waals surface area contributed by atoms with Gasteiger partial charge >= 0.3 is 0 Å². The minimum Gasteiger partial charge on any atom is -0.388 e. The molecular weight excluding hydrogens is 440 g/mol. The van der Waals surface area contributed by atoms with Crippen molar-refractivity contribution in [1.29, 1.82) is 0 Å². The van der Waals surface area contributed by atoms with Crippen LogP contribution in [0.2, 0.25) is 0 Å². The van der Waals surface area contributed by atoms with Gasteiger partial charge in [-0.2, -0.15) is 5.10 Å². The highest BCUT2D eigenvalue weighted by Gasteiger charge is 2.65. The summed E-state index contributed by atoms with van der Waals surface area (Å²) < 4.78 is 2.02. The molecule has 0 spiro atoms. The summed E-state index contributed by atoms with van der Waals surface area (Å²) >= 11 is 0. The van der Waals surface area contributed by atoms with Crippen LogP contribution in [0.1, 0.15) is 137 Å². The Labute approximate surface area is 222 Å². The van der Waals surface area contributed by atoms with E-state index >= 15 is 0 Å². The lowest BCUT2D eigenvalue weighted by molar-refractivity contribution is -0.182. The summed E-state index contributed by atoms with van der Waals surface area (Å²) in [7, 11) is 0. The van der Waals surface area contributed by atoms with Gasteiger partial charge < -0.3 is 5.11 Å². The number of hydrogen-bond acceptors (Lipinski definition) is 2. The van der Waals surface area contributed by atoms with Crippen molar-refractivity contribution in [2.24, 2.45) is 45.8 Å². The van der Waals surface area contributed by atoms with Crippen LogP contribution in [0.25, 0.3) is 0 Å². The van der Waals surface area contributed by atoms with Gasteiger partial charge in [0.2, 0.25) is 0 Å². The van der Waals surface area contributed by atoms with Crippen molar-refractivity contribution in [2.45, 2.75) is 144 Å². The number of fused-ring (bicyclic) bond motifs is 5. The molecule has 4 saturated carbocycles. The molecule has 0 saturated heterocycles. The lowest BCUT2D eigenvalue weighted by Gasteiger charge is -2.67. The third-order valence-corrected chi connectivity index (χ3v) is 13.0. The Hall–Kier alpha value is -0.830. The van der Waals surface area contributed by atoms with Crippen molar-refractivity contribution >= 4 is 0 Å². The fourth-order valence-corrected chi connectivity index (χ4v) is 11.3. The van der Waals surface area contributed by atoms with Crippen LogP contribution in [-0.2, 0) is 6.54 Å². The number of aliphatic hydroxyl groups is 1. The highest BCUT2D eigenvalue weighted by Crippen LogP contribution is 2.73. The van der Waals surface area contributed by atoms with Gasteiger partial charge in [-0.05, 0) is 128 Å². The third-order valence-electron chi connectivity index (χ3n) is 13.0. The van der Waals surface area contributed by atoms with Crippen LogP contribution in [-0.4, -0.2) is 20.5 Å². The first-order chi connectivity index (χ1) is 17.0. The van der Waals surface area contributed by atoms with E-state index < -0.39 is 5.60 Å². The predicted octanol–water partition coefficient (Wildman–Crippen LogP) is 8.61. The van der Waals surface area contributed by atoms with E-state index in [0.717, 1.165) is 23.7 Å². The van der Waals surface area contributed by atoms with Crippen LogP contribution >= 0.6 is 0 Å². The van der Waals surface area contributed by atoms with Crippen molar-refractivity contribution in [3.8, 4) is 0 Å². The molecule has 4 aliphatic rings. The number of hydrogen-bond donors (Lipinski definition) is 1. The van der Waals surface area contributed by atoms with Crippen LogP contribution in [0.15, 0.2) is 12.4 Å². The van der Waals surface area contributed by atoms with Crippen LogP contribution in [0.3, 0.4) is 0 Å². The Bertz CT molecular complexity index is 919. The fraction of sp³-hybridized carbons (Fsp3) is 0.909. The Balaban J connectivity index is 1.37. The van der Waals surface area contributed by atoms with Crippen molar-refractivity contribution < 1.29 is 5.11 Å². The molecule has 3 heteroatoms. The van der Waals surface area contributed by atoms with Crippen LogP contribution < -0.4 is 0 Å². The van der Waals surface area contributed by atoms with Gasteiger partial charge in [0, 0.05) is 6.20 Å². The van der Waals surface area contributed by atoms with Gasteiger partial charge in [0.05, 0.1) is 18.3 Å². The molecule has 0 aromatic carbocycles. The van der Waals surface area contributed by atoms with Gasteiger partial charge in [-0.25, -0.2) is 0 Å². The van der Waals surface area contributed by atoms with Crippen molar-refractivity contribution in [3.63, 3.8) is 0 Å². The topological polar surface area (TPSA) is 38.0 Å². The van der Waals surface area contributed by atoms with E-state index in [2.05, 4.69) is 59.8 Å². The maximum atomic E-state index is 12.0. The molecule has 1 aromatic heterocycles. The largest absolute Gasteiger partial charge is 0.388 e. The molecule has 4 fully saturated rings. The summed E-state index contributed by atoms with van der Waals surface area (Å²) in [6, 6.07) is 0. The van der Waals surface area contributed by atoms with E-state index in [0.29, 0.717) is 29.2 Å². The Morgan fingerprint density at radius 1 is 1.06 bits per heavy atom. The van der Waals surface area contributed by atoms with Crippen molar-refractivity contribution in [1.82, 2.24) is 9.78 Å². The zero-order chi connectivity index (χ0) is 25.9. The van der Waals surface area contributed by atoms with Gasteiger partial charge in [-0.3, -0.25) is 4.68 Å². The van der Waals surface area contributed by atoms with Gasteiger partial charge in [-0.1, -0.05) is 54.4 Å². The van der Waals surface area contributed by atoms with Gasteiger partial charge in [0.25, 0.3) is 0 Å². The molecule has 3 nitrogen and oxygen atoms in total. The molecule has 5 rings (SSSR count). The molecule has 1 aromatic rings. The highest BCUT2D eigenvalue weighted by molar-refractivity contribution is 5.15. The molecule has 1 N–H and O–H groups in total. The lowest BCUT2D eigenvalue weighted by Crippen LogP contribution is -2.59. The second kappa shape index (κ2) is 9.42. The minimum atomic E-state index is -0.708. The monoisotopic (exact) mass is 496 g/mol. The summed E-state index contributed by atoms with van der Waals surface area (Å²) in [6.45, 7) is 17.4. The maximum Gasteiger partial charge on any atom is 0.0848 e. The first kappa shape index (κ1) is 26.8. The lowest BCUT2D eigenvalue weighted by atomic mass is 9.38. The molecule has 4 aliphatic carbocycles. The van der Waals surface area contributed by atoms with Gasteiger partial charge in [0.1, 0.15) is 0 Å². The van der Waals surface area contributed by atoms with Crippen molar-refractivity contribution in [2.75, 3.05) is 0 Å². The first-order valence-electron chi connectivity index (χ1n) is 15.7. The highest BCUT2D eigenvalue weighted by atomic mass is 16.3. The normalized spacial score (nSPS) is 44.1. The zero-order valence-electron chi connectivity index (χ0n) is 24.7. The molecule has 7 unspecified atom stereocenters. The van der Waals surface area contributed by atoms with Gasteiger partial charge in [-0.15, -0.1) is 0 Å². The minimum absolute atomic E-state index is 0.265. The predicted molar refractivity (Wildman–Crippen MR) is 150 cm³/mol. The Morgan fingerprint density at radius 2 is 1.83 bits per heavy atom. The zero-order valence-corrected chi connectivity index (χ0v) is 24.7. The maximum absolute atomic E-state index is 12.0. The number of aromatic nitrogens is 2. The summed E-state index contributed by atoms with van der Waals surface area (Å²) in [4.78, 5) is 0. The quantitative estimate of drug-likeness (QED) is 0.410. The summed E-state index contributed by atoms with van der Waals surface area (Å²) in [5.41, 5.74) is 1.93. The number of nitrogens with zero attached hydrogens (tertiary/aromatic N) is 2. The second-order valence-corrected chi connectivity index (χ2v) is 15.0. The fourth-order valence-electron chi connectivity index (χ4n) is 11.3. The first-order valence-corrected chi connectivity index (χ1v) is 15.7. The third kappa shape index (κ3) is 4.04. The standard InChI is InChI=1S/C33H56N2O/c1-8-10-24-13-18-33(9-2)28-15-17-31(6)27(26(28)14-16-30(33,5)19-24)11-12-29(31)32(7,36)22-35-21-25(20-34-35)23(3)4/h20-21,23-24,26-29,36H,8-19,22H2,1-7H3/t24-,26?,27?,28?,29?,30?,31?,32-,33?/m0/s1.